The minimum absolute atomic E-state index is 0.0381. The number of nitrogens with one attached hydrogen (secondary N) is 1. The van der Waals surface area contributed by atoms with Gasteiger partial charge in [-0.25, -0.2) is 8.42 Å². The van der Waals surface area contributed by atoms with Gasteiger partial charge in [-0.15, -0.1) is 10.2 Å². The van der Waals surface area contributed by atoms with Crippen LogP contribution in [0.25, 0.3) is 10.8 Å². The monoisotopic (exact) mass is 476 g/mol. The second kappa shape index (κ2) is 9.08. The zero-order valence-electron chi connectivity index (χ0n) is 17.3. The van der Waals surface area contributed by atoms with E-state index in [9.17, 15) is 28.4 Å². The number of sulfonamides is 1. The van der Waals surface area contributed by atoms with Crippen molar-refractivity contribution >= 4 is 43.8 Å². The predicted molar refractivity (Wildman–Crippen MR) is 125 cm³/mol. The average molecular weight is 476 g/mol. The lowest BCUT2D eigenvalue weighted by atomic mass is 10.1. The zero-order chi connectivity index (χ0) is 24.3. The third-order valence-electron chi connectivity index (χ3n) is 4.85. The van der Waals surface area contributed by atoms with Gasteiger partial charge in [0.1, 0.15) is 5.69 Å². The van der Waals surface area contributed by atoms with Gasteiger partial charge in [0.25, 0.3) is 21.6 Å². The minimum Gasteiger partial charge on any atom is -0.505 e. The topological polar surface area (TPSA) is 151 Å². The highest BCUT2D eigenvalue weighted by Gasteiger charge is 2.18. The first kappa shape index (κ1) is 22.6. The molecule has 4 aromatic carbocycles. The lowest BCUT2D eigenvalue weighted by Crippen LogP contribution is -2.13. The van der Waals surface area contributed by atoms with E-state index in [2.05, 4.69) is 15.0 Å². The number of carbonyl (C=O) groups excluding carboxylic acids is 1. The SMILES string of the molecule is O=C(N=Nc1cc(NS(=O)(=O)c2ccccc2)c2ccccc2c1O)c1cccc([N+](=O)[O-])c1. The van der Waals surface area contributed by atoms with Crippen LogP contribution in [0.4, 0.5) is 17.1 Å². The fourth-order valence-electron chi connectivity index (χ4n) is 3.22. The number of azo groups is 1. The normalized spacial score (nSPS) is 11.5. The fourth-order valence-corrected chi connectivity index (χ4v) is 4.31. The molecule has 1 amide bonds. The fraction of sp³-hybridized carbons (Fsp3) is 0. The van der Waals surface area contributed by atoms with Crippen LogP contribution in [0.3, 0.4) is 0 Å². The Kier molecular flexibility index (Phi) is 6.02. The third kappa shape index (κ3) is 4.59. The van der Waals surface area contributed by atoms with Crippen LogP contribution in [0.5, 0.6) is 5.75 Å². The van der Waals surface area contributed by atoms with Gasteiger partial charge < -0.3 is 5.11 Å². The molecule has 2 N–H and O–H groups in total. The summed E-state index contributed by atoms with van der Waals surface area (Å²) in [6.45, 7) is 0. The van der Waals surface area contributed by atoms with Crippen molar-refractivity contribution < 1.29 is 23.2 Å². The number of nitro benzene ring substituents is 1. The molecule has 0 saturated heterocycles. The summed E-state index contributed by atoms with van der Waals surface area (Å²) in [5.74, 6) is -1.18. The summed E-state index contributed by atoms with van der Waals surface area (Å²) in [6, 6.07) is 20.4. The van der Waals surface area contributed by atoms with E-state index in [1.54, 1.807) is 42.5 Å². The molecule has 0 spiro atoms. The van der Waals surface area contributed by atoms with Crippen molar-refractivity contribution in [2.45, 2.75) is 4.90 Å². The molecule has 0 bridgehead atoms. The highest BCUT2D eigenvalue weighted by molar-refractivity contribution is 7.92. The van der Waals surface area contributed by atoms with E-state index < -0.39 is 20.9 Å². The summed E-state index contributed by atoms with van der Waals surface area (Å²) in [7, 11) is -3.96. The Hall–Kier alpha value is -4.64. The maximum atomic E-state index is 12.8. The van der Waals surface area contributed by atoms with Crippen LogP contribution < -0.4 is 4.72 Å². The second-order valence-corrected chi connectivity index (χ2v) is 8.75. The van der Waals surface area contributed by atoms with Gasteiger partial charge in [0, 0.05) is 22.9 Å². The quantitative estimate of drug-likeness (QED) is 0.169. The molecule has 4 rings (SSSR count). The number of anilines is 1. The standard InChI is InChI=1S/C23H16N4O6S/c28-22-19-12-5-4-11-18(19)20(26-34(32,33)17-9-2-1-3-10-17)14-21(22)24-25-23(29)15-7-6-8-16(13-15)27(30)31/h1-14,26,28H. The van der Waals surface area contributed by atoms with Gasteiger partial charge in [0.2, 0.25) is 0 Å². The maximum absolute atomic E-state index is 12.8. The van der Waals surface area contributed by atoms with Gasteiger partial charge in [-0.2, -0.15) is 0 Å². The second-order valence-electron chi connectivity index (χ2n) is 7.07. The summed E-state index contributed by atoms with van der Waals surface area (Å²) < 4.78 is 28.2. The molecule has 11 heteroatoms. The van der Waals surface area contributed by atoms with E-state index >= 15 is 0 Å². The van der Waals surface area contributed by atoms with E-state index in [1.165, 1.54) is 36.4 Å². The summed E-state index contributed by atoms with van der Waals surface area (Å²) >= 11 is 0. The van der Waals surface area contributed by atoms with Gasteiger partial charge in [-0.05, 0) is 24.3 Å². The third-order valence-corrected chi connectivity index (χ3v) is 6.23. The molecular weight excluding hydrogens is 460 g/mol. The summed E-state index contributed by atoms with van der Waals surface area (Å²) in [5, 5.41) is 29.6. The van der Waals surface area contributed by atoms with Crippen molar-refractivity contribution in [3.05, 3.63) is 101 Å². The molecule has 34 heavy (non-hydrogen) atoms. The molecule has 0 heterocycles. The number of nitro groups is 1. The Bertz CT molecular complexity index is 1550. The highest BCUT2D eigenvalue weighted by Crippen LogP contribution is 2.40. The first-order valence-electron chi connectivity index (χ1n) is 9.79. The summed E-state index contributed by atoms with van der Waals surface area (Å²) in [4.78, 5) is 22.7. The largest absolute Gasteiger partial charge is 0.505 e. The first-order valence-corrected chi connectivity index (χ1v) is 11.3. The van der Waals surface area contributed by atoms with Crippen LogP contribution >= 0.6 is 0 Å². The molecule has 0 unspecified atom stereocenters. The Morgan fingerprint density at radius 1 is 0.912 bits per heavy atom. The number of hydrogen-bond donors (Lipinski definition) is 2. The van der Waals surface area contributed by atoms with Crippen LogP contribution in [-0.4, -0.2) is 24.4 Å². The number of amides is 1. The number of phenols is 1. The van der Waals surface area contributed by atoms with E-state index in [4.69, 9.17) is 0 Å². The first-order chi connectivity index (χ1) is 16.3. The van der Waals surface area contributed by atoms with Crippen molar-refractivity contribution in [1.29, 1.82) is 0 Å². The summed E-state index contributed by atoms with van der Waals surface area (Å²) in [5.41, 5.74) is -0.396. The smallest absolute Gasteiger partial charge is 0.295 e. The van der Waals surface area contributed by atoms with Gasteiger partial charge in [0.15, 0.2) is 5.75 Å². The van der Waals surface area contributed by atoms with Crippen LogP contribution in [0, 0.1) is 10.1 Å². The molecule has 0 atom stereocenters. The van der Waals surface area contributed by atoms with Gasteiger partial charge in [0.05, 0.1) is 21.1 Å². The van der Waals surface area contributed by atoms with Crippen molar-refractivity contribution in [2.24, 2.45) is 10.2 Å². The Morgan fingerprint density at radius 3 is 2.29 bits per heavy atom. The van der Waals surface area contributed by atoms with Crippen LogP contribution in [0.1, 0.15) is 10.4 Å². The van der Waals surface area contributed by atoms with Gasteiger partial charge in [-0.1, -0.05) is 48.5 Å². The van der Waals surface area contributed by atoms with Gasteiger partial charge in [-0.3, -0.25) is 19.6 Å². The van der Waals surface area contributed by atoms with E-state index in [0.717, 1.165) is 6.07 Å². The molecular formula is C23H16N4O6S. The molecule has 0 aromatic heterocycles. The van der Waals surface area contributed by atoms with E-state index in [1.807, 2.05) is 0 Å². The van der Waals surface area contributed by atoms with E-state index in [-0.39, 0.29) is 38.7 Å². The number of benzene rings is 4. The van der Waals surface area contributed by atoms with Crippen molar-refractivity contribution in [1.82, 2.24) is 0 Å². The minimum atomic E-state index is -3.96. The number of hydrogen-bond acceptors (Lipinski definition) is 7. The lowest BCUT2D eigenvalue weighted by molar-refractivity contribution is -0.384. The number of aromatic hydroxyl groups is 1. The van der Waals surface area contributed by atoms with Gasteiger partial charge >= 0.3 is 0 Å². The number of rotatable bonds is 6. The van der Waals surface area contributed by atoms with Crippen LogP contribution in [0.2, 0.25) is 0 Å². The molecule has 0 aliphatic heterocycles. The van der Waals surface area contributed by atoms with Crippen molar-refractivity contribution in [2.75, 3.05) is 4.72 Å². The Balaban J connectivity index is 1.74. The number of carbonyl (C=O) groups is 1. The average Bonchev–Trinajstić information content (AvgIpc) is 2.85. The molecule has 0 aliphatic carbocycles. The highest BCUT2D eigenvalue weighted by atomic mass is 32.2. The van der Waals surface area contributed by atoms with Crippen molar-refractivity contribution in [3.63, 3.8) is 0 Å². The number of fused-ring (bicyclic) bond motifs is 1. The molecule has 0 radical (unpaired) electrons. The number of nitrogens with zero attached hydrogens (tertiary/aromatic N) is 3. The Labute approximate surface area is 193 Å². The number of non-ortho nitro benzene ring substituents is 1. The molecule has 170 valence electrons. The molecule has 0 aliphatic rings. The van der Waals surface area contributed by atoms with Crippen LogP contribution in [-0.2, 0) is 10.0 Å². The molecule has 0 saturated carbocycles. The van der Waals surface area contributed by atoms with E-state index in [0.29, 0.717) is 5.39 Å². The zero-order valence-corrected chi connectivity index (χ0v) is 18.1. The molecule has 0 fully saturated rings. The number of phenolic OH excluding ortho intramolecular Hbond substituents is 1. The molecule has 4 aromatic rings. The predicted octanol–water partition coefficient (Wildman–Crippen LogP) is 5.18. The van der Waals surface area contributed by atoms with Crippen LogP contribution in [0.15, 0.2) is 100 Å². The lowest BCUT2D eigenvalue weighted by Gasteiger charge is -2.13. The summed E-state index contributed by atoms with van der Waals surface area (Å²) in [6.07, 6.45) is 0. The Morgan fingerprint density at radius 2 is 1.59 bits per heavy atom. The maximum Gasteiger partial charge on any atom is 0.295 e. The van der Waals surface area contributed by atoms with Crippen molar-refractivity contribution in [3.8, 4) is 5.75 Å². The molecule has 10 nitrogen and oxygen atoms in total.